The van der Waals surface area contributed by atoms with E-state index in [2.05, 4.69) is 61.3 Å². The van der Waals surface area contributed by atoms with Gasteiger partial charge in [-0.25, -0.2) is 0 Å². The molecule has 4 heteroatoms. The van der Waals surface area contributed by atoms with Gasteiger partial charge in [0.05, 0.1) is 5.76 Å². The van der Waals surface area contributed by atoms with E-state index >= 15 is 0 Å². The fourth-order valence-electron chi connectivity index (χ4n) is 5.87. The number of aliphatic hydroxyl groups excluding tert-OH is 1. The van der Waals surface area contributed by atoms with Gasteiger partial charge in [-0.05, 0) is 66.1 Å². The average molecular weight is 733 g/mol. The molecule has 41 heavy (non-hydrogen) atoms. The van der Waals surface area contributed by atoms with Gasteiger partial charge in [0, 0.05) is 43.7 Å². The molecule has 1 aliphatic carbocycles. The second-order valence-corrected chi connectivity index (χ2v) is 12.0. The number of aromatic nitrogens is 1. The molecule has 0 bridgehead atoms. The number of carbonyl (C=O) groups is 1. The molecule has 0 atom stereocenters. The quantitative estimate of drug-likeness (QED) is 0.128. The molecule has 3 aromatic rings. The summed E-state index contributed by atoms with van der Waals surface area (Å²) in [5, 5.41) is 12.4. The maximum Gasteiger partial charge on any atom is 0.164 e. The van der Waals surface area contributed by atoms with Gasteiger partial charge in [0.25, 0.3) is 0 Å². The minimum atomic E-state index is -0.319. The zero-order valence-corrected chi connectivity index (χ0v) is 28.7. The number of nitrogens with zero attached hydrogens (tertiary/aromatic N) is 1. The Hall–Kier alpha value is -2.29. The van der Waals surface area contributed by atoms with Crippen molar-refractivity contribution in [3.05, 3.63) is 77.2 Å². The molecule has 1 radical (unpaired) electrons. The molecule has 1 heterocycles. The van der Waals surface area contributed by atoms with E-state index in [9.17, 15) is 9.90 Å². The maximum atomic E-state index is 12.0. The van der Waals surface area contributed by atoms with Crippen LogP contribution in [0.15, 0.2) is 54.4 Å². The van der Waals surface area contributed by atoms with Gasteiger partial charge in [0.1, 0.15) is 0 Å². The van der Waals surface area contributed by atoms with Crippen LogP contribution < -0.4 is 0 Å². The summed E-state index contributed by atoms with van der Waals surface area (Å²) in [4.78, 5) is 16.7. The van der Waals surface area contributed by atoms with Gasteiger partial charge in [0.15, 0.2) is 5.78 Å². The minimum Gasteiger partial charge on any atom is -0.512 e. The van der Waals surface area contributed by atoms with E-state index < -0.39 is 0 Å². The largest absolute Gasteiger partial charge is 0.512 e. The number of hydrogen-bond donors (Lipinski definition) is 1. The van der Waals surface area contributed by atoms with Gasteiger partial charge >= 0.3 is 0 Å². The van der Waals surface area contributed by atoms with Crippen molar-refractivity contribution in [1.29, 1.82) is 0 Å². The van der Waals surface area contributed by atoms with E-state index in [1.165, 1.54) is 65.6 Å². The van der Waals surface area contributed by atoms with E-state index in [4.69, 9.17) is 0 Å². The van der Waals surface area contributed by atoms with Crippen molar-refractivity contribution in [3.8, 4) is 11.3 Å². The fourth-order valence-corrected chi connectivity index (χ4v) is 5.87. The number of pyridine rings is 1. The maximum absolute atomic E-state index is 12.0. The molecule has 0 amide bonds. The Labute approximate surface area is 262 Å². The van der Waals surface area contributed by atoms with Crippen LogP contribution in [0.3, 0.4) is 0 Å². The number of rotatable bonds is 10. The third kappa shape index (κ3) is 9.35. The topological polar surface area (TPSA) is 50.2 Å². The molecular weight excluding hydrogens is 683 g/mol. The van der Waals surface area contributed by atoms with Gasteiger partial charge in [-0.3, -0.25) is 4.79 Å². The van der Waals surface area contributed by atoms with E-state index in [-0.39, 0.29) is 43.0 Å². The summed E-state index contributed by atoms with van der Waals surface area (Å²) in [6.45, 7) is 14.3. The molecule has 0 saturated heterocycles. The number of fused-ring (bicyclic) bond motifs is 1. The molecule has 1 N–H and O–H groups in total. The van der Waals surface area contributed by atoms with Crippen LogP contribution in [-0.2, 0) is 31.3 Å². The number of ketones is 1. The summed E-state index contributed by atoms with van der Waals surface area (Å²) < 4.78 is 0. The second-order valence-electron chi connectivity index (χ2n) is 12.0. The molecule has 2 aromatic carbocycles. The molecule has 1 saturated carbocycles. The predicted molar refractivity (Wildman–Crippen MR) is 170 cm³/mol. The molecule has 1 aliphatic rings. The van der Waals surface area contributed by atoms with Crippen molar-refractivity contribution in [2.45, 2.75) is 106 Å². The molecule has 1 fully saturated rings. The minimum absolute atomic E-state index is 0. The first-order chi connectivity index (χ1) is 19.1. The van der Waals surface area contributed by atoms with E-state index in [0.29, 0.717) is 0 Å². The molecule has 1 aromatic heterocycles. The molecule has 4 rings (SSSR count). The Morgan fingerprint density at radius 3 is 2.29 bits per heavy atom. The van der Waals surface area contributed by atoms with Gasteiger partial charge < -0.3 is 10.1 Å². The second kappa shape index (κ2) is 16.4. The smallest absolute Gasteiger partial charge is 0.164 e. The zero-order chi connectivity index (χ0) is 29.3. The number of hydrogen-bond acceptors (Lipinski definition) is 3. The zero-order valence-electron chi connectivity index (χ0n) is 26.3. The third-order valence-electron chi connectivity index (χ3n) is 9.07. The first kappa shape index (κ1) is 34.9. The monoisotopic (exact) mass is 733 g/mol. The van der Waals surface area contributed by atoms with Crippen LogP contribution in [0.1, 0.15) is 103 Å². The van der Waals surface area contributed by atoms with E-state index in [1.807, 2.05) is 40.8 Å². The standard InChI is InChI=1S/C23H24N.C14H26O2.Ir/c1-16-11-17(2)13-21(12-16)23-22-8-7-19(14-18-5-3-4-6-18)15-20(22)9-10-24-23;1-6-11(7-2)12(15)10-13(16)14(5,8-3)9-4;/h7-12,15,18H,3-6,14H2,1-2H3;10-11,15H,6-9H2,1-5H3;/q-1;;/b;12-10-;. The van der Waals surface area contributed by atoms with Crippen molar-refractivity contribution < 1.29 is 30.0 Å². The molecule has 0 spiro atoms. The van der Waals surface area contributed by atoms with Crippen LogP contribution in [0, 0.1) is 37.2 Å². The average Bonchev–Trinajstić information content (AvgIpc) is 3.45. The van der Waals surface area contributed by atoms with Gasteiger partial charge in [-0.2, -0.15) is 0 Å². The summed E-state index contributed by atoms with van der Waals surface area (Å²) >= 11 is 0. The van der Waals surface area contributed by atoms with Gasteiger partial charge in [-0.15, -0.1) is 34.9 Å². The molecule has 0 unspecified atom stereocenters. The van der Waals surface area contributed by atoms with Crippen molar-refractivity contribution in [2.75, 3.05) is 0 Å². The number of aryl methyl sites for hydroxylation is 2. The van der Waals surface area contributed by atoms with Crippen LogP contribution in [0.4, 0.5) is 0 Å². The molecule has 3 nitrogen and oxygen atoms in total. The Bertz CT molecular complexity index is 1280. The third-order valence-corrected chi connectivity index (χ3v) is 9.07. The number of carbonyl (C=O) groups excluding carboxylic acids is 1. The van der Waals surface area contributed by atoms with Crippen LogP contribution >= 0.6 is 0 Å². The number of aliphatic hydroxyl groups is 1. The van der Waals surface area contributed by atoms with Gasteiger partial charge in [0.2, 0.25) is 0 Å². The summed E-state index contributed by atoms with van der Waals surface area (Å²) in [5.41, 5.74) is 5.73. The molecular formula is C37H50IrNO2-. The fraction of sp³-hybridized carbons (Fsp3) is 0.514. The first-order valence-corrected chi connectivity index (χ1v) is 15.5. The Kier molecular flexibility index (Phi) is 13.9. The van der Waals surface area contributed by atoms with E-state index in [0.717, 1.165) is 42.9 Å². The normalized spacial score (nSPS) is 14.1. The summed E-state index contributed by atoms with van der Waals surface area (Å²) in [5.74, 6) is 1.32. The van der Waals surface area contributed by atoms with Crippen LogP contribution in [-0.4, -0.2) is 15.9 Å². The Morgan fingerprint density at radius 2 is 1.71 bits per heavy atom. The van der Waals surface area contributed by atoms with Crippen LogP contribution in [0.2, 0.25) is 0 Å². The predicted octanol–water partition coefficient (Wildman–Crippen LogP) is 10.3. The summed E-state index contributed by atoms with van der Waals surface area (Å²) in [6.07, 6.45) is 13.6. The summed E-state index contributed by atoms with van der Waals surface area (Å²) in [7, 11) is 0. The summed E-state index contributed by atoms with van der Waals surface area (Å²) in [6, 6.07) is 16.9. The first-order valence-electron chi connectivity index (χ1n) is 15.5. The number of benzene rings is 2. The van der Waals surface area contributed by atoms with Crippen molar-refractivity contribution >= 4 is 16.6 Å². The van der Waals surface area contributed by atoms with E-state index in [1.54, 1.807) is 0 Å². The van der Waals surface area contributed by atoms with Crippen LogP contribution in [0.5, 0.6) is 0 Å². The Balaban J connectivity index is 0.000000306. The SMILES string of the molecule is CCC(CC)/C(O)=C/C(=O)C(C)(CC)CC.Cc1[c-]c(-c2nccc3cc(CC4CCCC4)ccc23)cc(C)c1.[Ir]. The Morgan fingerprint density at radius 1 is 1.05 bits per heavy atom. The van der Waals surface area contributed by atoms with Crippen molar-refractivity contribution in [2.24, 2.45) is 17.3 Å². The number of allylic oxidation sites excluding steroid dienone is 2. The molecule has 225 valence electrons. The molecule has 0 aliphatic heterocycles. The van der Waals surface area contributed by atoms with Gasteiger partial charge in [-0.1, -0.05) is 92.3 Å². The van der Waals surface area contributed by atoms with Crippen molar-refractivity contribution in [1.82, 2.24) is 4.98 Å². The van der Waals surface area contributed by atoms with Crippen LogP contribution in [0.25, 0.3) is 22.0 Å². The van der Waals surface area contributed by atoms with Crippen molar-refractivity contribution in [3.63, 3.8) is 0 Å².